The number of amides is 4. The first-order valence-corrected chi connectivity index (χ1v) is 15.7. The van der Waals surface area contributed by atoms with Crippen LogP contribution in [0.1, 0.15) is 44.2 Å². The van der Waals surface area contributed by atoms with Crippen LogP contribution in [-0.2, 0) is 32.0 Å². The number of aliphatic hydroxyl groups is 1. The lowest BCUT2D eigenvalue weighted by atomic mass is 9.96. The van der Waals surface area contributed by atoms with Gasteiger partial charge in [-0.15, -0.1) is 0 Å². The molecule has 1 heterocycles. The number of nitrogens with one attached hydrogen (secondary N) is 4. The van der Waals surface area contributed by atoms with E-state index in [2.05, 4.69) is 21.3 Å². The van der Waals surface area contributed by atoms with E-state index in [9.17, 15) is 24.3 Å². The number of hydrogen-bond acceptors (Lipinski definition) is 6. The van der Waals surface area contributed by atoms with Crippen molar-refractivity contribution in [2.75, 3.05) is 19.8 Å². The maximum Gasteiger partial charge on any atom is 0.407 e. The lowest BCUT2D eigenvalue weighted by Crippen LogP contribution is -2.56. The molecule has 0 unspecified atom stereocenters. The summed E-state index contributed by atoms with van der Waals surface area (Å²) in [5.74, 6) is -1.31. The van der Waals surface area contributed by atoms with Gasteiger partial charge in [0.15, 0.2) is 0 Å². The van der Waals surface area contributed by atoms with Crippen LogP contribution in [0.2, 0.25) is 0 Å². The van der Waals surface area contributed by atoms with Gasteiger partial charge >= 0.3 is 6.09 Å². The van der Waals surface area contributed by atoms with Gasteiger partial charge in [0.25, 0.3) is 0 Å². The summed E-state index contributed by atoms with van der Waals surface area (Å²) in [5, 5.41) is 23.1. The summed E-state index contributed by atoms with van der Waals surface area (Å²) in [7, 11) is 0. The molecule has 0 aromatic heterocycles. The number of ether oxygens (including phenoxy) is 1. The van der Waals surface area contributed by atoms with E-state index in [-0.39, 0.29) is 37.4 Å². The van der Waals surface area contributed by atoms with Gasteiger partial charge in [0.1, 0.15) is 12.1 Å². The largest absolute Gasteiger partial charge is 0.449 e. The van der Waals surface area contributed by atoms with Crippen LogP contribution in [0.25, 0.3) is 10.8 Å². The topological polar surface area (TPSA) is 146 Å². The van der Waals surface area contributed by atoms with Crippen molar-refractivity contribution in [2.45, 2.75) is 64.1 Å². The van der Waals surface area contributed by atoms with E-state index in [0.717, 1.165) is 21.9 Å². The van der Waals surface area contributed by atoms with E-state index in [0.29, 0.717) is 32.2 Å². The van der Waals surface area contributed by atoms with Crippen molar-refractivity contribution in [1.29, 1.82) is 0 Å². The summed E-state index contributed by atoms with van der Waals surface area (Å²) < 4.78 is 5.44. The van der Waals surface area contributed by atoms with Gasteiger partial charge in [0, 0.05) is 25.3 Å². The number of alkyl carbamates (subject to hydrolysis) is 1. The molecule has 1 saturated heterocycles. The number of rotatable bonds is 15. The first-order chi connectivity index (χ1) is 21.7. The Hall–Kier alpha value is -4.44. The molecule has 10 nitrogen and oxygen atoms in total. The molecule has 10 heteroatoms. The van der Waals surface area contributed by atoms with Crippen LogP contribution in [0.5, 0.6) is 0 Å². The third-order valence-electron chi connectivity index (χ3n) is 8.02. The molecule has 4 amide bonds. The molecule has 4 atom stereocenters. The van der Waals surface area contributed by atoms with E-state index >= 15 is 0 Å². The highest BCUT2D eigenvalue weighted by atomic mass is 16.5. The molecule has 45 heavy (non-hydrogen) atoms. The highest BCUT2D eigenvalue weighted by Crippen LogP contribution is 2.21. The van der Waals surface area contributed by atoms with Crippen LogP contribution in [0.4, 0.5) is 4.79 Å². The molecule has 1 aliphatic heterocycles. The predicted molar refractivity (Wildman–Crippen MR) is 172 cm³/mol. The van der Waals surface area contributed by atoms with Crippen molar-refractivity contribution < 1.29 is 29.0 Å². The molecular weight excluding hydrogens is 572 g/mol. The summed E-state index contributed by atoms with van der Waals surface area (Å²) in [4.78, 5) is 52.3. The summed E-state index contributed by atoms with van der Waals surface area (Å²) in [6.45, 7) is 4.25. The normalized spacial score (nSPS) is 16.4. The van der Waals surface area contributed by atoms with Gasteiger partial charge in [-0.2, -0.15) is 0 Å². The Labute approximate surface area is 264 Å². The minimum absolute atomic E-state index is 0.0571. The first kappa shape index (κ1) is 33.5. The minimum atomic E-state index is -1.03. The Morgan fingerprint density at radius 2 is 1.62 bits per heavy atom. The quantitative estimate of drug-likeness (QED) is 0.177. The zero-order chi connectivity index (χ0) is 32.2. The Morgan fingerprint density at radius 3 is 2.33 bits per heavy atom. The molecule has 5 N–H and O–H groups in total. The van der Waals surface area contributed by atoms with Gasteiger partial charge in [-0.05, 0) is 47.1 Å². The highest BCUT2D eigenvalue weighted by Gasteiger charge is 2.32. The second kappa shape index (κ2) is 16.6. The Bertz CT molecular complexity index is 1440. The van der Waals surface area contributed by atoms with Crippen LogP contribution >= 0.6 is 0 Å². The monoisotopic (exact) mass is 616 g/mol. The number of hydrogen-bond donors (Lipinski definition) is 5. The van der Waals surface area contributed by atoms with Crippen molar-refractivity contribution in [3.63, 3.8) is 0 Å². The predicted octanol–water partition coefficient (Wildman–Crippen LogP) is 3.25. The smallest absolute Gasteiger partial charge is 0.407 e. The molecule has 0 radical (unpaired) electrons. The van der Waals surface area contributed by atoms with Crippen LogP contribution in [0.15, 0.2) is 72.8 Å². The standard InChI is InChI=1S/C35H44N4O6/c1-23(2)19-30(33(42)37-28(22-40)20-27-15-17-36-32(27)41)38-34(43)31(21-26-13-8-12-25-11-6-7-14-29(25)26)39-35(44)45-18-16-24-9-4-3-5-10-24/h3-14,23,27-28,30-31,40H,15-22H2,1-2H3,(H,36,41)(H,37,42)(H,38,43)(H,39,44)/t27-,28-,30-,31-/m0/s1. The van der Waals surface area contributed by atoms with Crippen molar-refractivity contribution >= 4 is 34.6 Å². The van der Waals surface area contributed by atoms with Gasteiger partial charge in [-0.1, -0.05) is 86.6 Å². The van der Waals surface area contributed by atoms with Gasteiger partial charge < -0.3 is 31.1 Å². The van der Waals surface area contributed by atoms with Gasteiger partial charge in [-0.3, -0.25) is 14.4 Å². The number of fused-ring (bicyclic) bond motifs is 1. The first-order valence-electron chi connectivity index (χ1n) is 15.7. The number of benzene rings is 3. The van der Waals surface area contributed by atoms with Gasteiger partial charge in [0.05, 0.1) is 19.3 Å². The molecule has 0 aliphatic carbocycles. The molecule has 3 aromatic carbocycles. The zero-order valence-corrected chi connectivity index (χ0v) is 26.0. The van der Waals surface area contributed by atoms with E-state index in [1.165, 1.54) is 0 Å². The number of aliphatic hydroxyl groups excluding tert-OH is 1. The maximum absolute atomic E-state index is 13.8. The summed E-state index contributed by atoms with van der Waals surface area (Å²) in [6.07, 6.45) is 1.25. The molecule has 0 saturated carbocycles. The average molecular weight is 617 g/mol. The van der Waals surface area contributed by atoms with E-state index in [4.69, 9.17) is 4.74 Å². The lowest BCUT2D eigenvalue weighted by Gasteiger charge is -2.26. The number of carbonyl (C=O) groups is 4. The zero-order valence-electron chi connectivity index (χ0n) is 26.0. The molecule has 3 aromatic rings. The fourth-order valence-electron chi connectivity index (χ4n) is 5.66. The summed E-state index contributed by atoms with van der Waals surface area (Å²) >= 11 is 0. The summed E-state index contributed by atoms with van der Waals surface area (Å²) in [5.41, 5.74) is 1.88. The second-order valence-corrected chi connectivity index (χ2v) is 12.0. The number of carbonyl (C=O) groups excluding carboxylic acids is 4. The van der Waals surface area contributed by atoms with E-state index < -0.39 is 36.0 Å². The Kier molecular flexibility index (Phi) is 12.3. The Morgan fingerprint density at radius 1 is 0.911 bits per heavy atom. The molecule has 0 spiro atoms. The van der Waals surface area contributed by atoms with Crippen LogP contribution in [0.3, 0.4) is 0 Å². The van der Waals surface area contributed by atoms with Crippen LogP contribution in [0, 0.1) is 11.8 Å². The van der Waals surface area contributed by atoms with Gasteiger partial charge in [-0.25, -0.2) is 4.79 Å². The SMILES string of the molecule is CC(C)C[C@H](NC(=O)[C@H](Cc1cccc2ccccc12)NC(=O)OCCc1ccccc1)C(=O)N[C@H](CO)C[C@@H]1CCNC1=O. The molecular formula is C35H44N4O6. The van der Waals surface area contributed by atoms with E-state index in [1.54, 1.807) is 0 Å². The molecule has 0 bridgehead atoms. The van der Waals surface area contributed by atoms with Gasteiger partial charge in [0.2, 0.25) is 17.7 Å². The lowest BCUT2D eigenvalue weighted by molar-refractivity contribution is -0.131. The van der Waals surface area contributed by atoms with Crippen molar-refractivity contribution in [1.82, 2.24) is 21.3 Å². The van der Waals surface area contributed by atoms with Crippen molar-refractivity contribution in [2.24, 2.45) is 11.8 Å². The van der Waals surface area contributed by atoms with Crippen molar-refractivity contribution in [3.05, 3.63) is 83.9 Å². The third kappa shape index (κ3) is 10.0. The highest BCUT2D eigenvalue weighted by molar-refractivity contribution is 5.92. The van der Waals surface area contributed by atoms with Crippen LogP contribution in [-0.4, -0.2) is 66.8 Å². The molecule has 240 valence electrons. The average Bonchev–Trinajstić information content (AvgIpc) is 3.44. The molecule has 4 rings (SSSR count). The van der Waals surface area contributed by atoms with Crippen LogP contribution < -0.4 is 21.3 Å². The molecule has 1 fully saturated rings. The van der Waals surface area contributed by atoms with Crippen molar-refractivity contribution in [3.8, 4) is 0 Å². The second-order valence-electron chi connectivity index (χ2n) is 12.0. The fourth-order valence-corrected chi connectivity index (χ4v) is 5.66. The fraction of sp³-hybridized carbons (Fsp3) is 0.429. The summed E-state index contributed by atoms with van der Waals surface area (Å²) in [6, 6.07) is 20.6. The van der Waals surface area contributed by atoms with E-state index in [1.807, 2.05) is 86.6 Å². The molecule has 1 aliphatic rings. The Balaban J connectivity index is 1.48. The third-order valence-corrected chi connectivity index (χ3v) is 8.02. The maximum atomic E-state index is 13.8. The minimum Gasteiger partial charge on any atom is -0.449 e.